The molecule has 4 heteroatoms. The van der Waals surface area contributed by atoms with Crippen LogP contribution in [-0.2, 0) is 0 Å². The van der Waals surface area contributed by atoms with E-state index in [1.165, 1.54) is 0 Å². The van der Waals surface area contributed by atoms with Crippen molar-refractivity contribution >= 4 is 38.9 Å². The Morgan fingerprint density at radius 1 is 1.23 bits per heavy atom. The summed E-state index contributed by atoms with van der Waals surface area (Å²) in [5.74, 6) is 0. The number of hydrogen-bond donors (Lipinski definition) is 0. The molecular weight excluding hydrogens is 270 g/mol. The van der Waals surface area contributed by atoms with E-state index >= 15 is 0 Å². The zero-order valence-corrected chi connectivity index (χ0v) is 9.66. The normalized spacial score (nSPS) is 10.3. The molecule has 0 radical (unpaired) electrons. The van der Waals surface area contributed by atoms with Crippen molar-refractivity contribution in [1.29, 1.82) is 0 Å². The lowest BCUT2D eigenvalue weighted by atomic mass is 10.2. The van der Waals surface area contributed by atoms with Gasteiger partial charge in [0.25, 0.3) is 0 Å². The fourth-order valence-electron chi connectivity index (χ4n) is 1.01. The van der Waals surface area contributed by atoms with Crippen molar-refractivity contribution in [2.45, 2.75) is 0 Å². The minimum Gasteiger partial charge on any atom is -0.229 e. The van der Waals surface area contributed by atoms with Crippen LogP contribution < -0.4 is 0 Å². The van der Waals surface area contributed by atoms with Crippen molar-refractivity contribution in [3.63, 3.8) is 0 Å². The molecular formula is C9H5BrClNS. The van der Waals surface area contributed by atoms with Gasteiger partial charge in [0.2, 0.25) is 0 Å². The summed E-state index contributed by atoms with van der Waals surface area (Å²) in [7, 11) is 0. The van der Waals surface area contributed by atoms with E-state index in [0.717, 1.165) is 20.2 Å². The van der Waals surface area contributed by atoms with Crippen LogP contribution in [0.5, 0.6) is 0 Å². The number of rotatable bonds is 1. The van der Waals surface area contributed by atoms with Crippen molar-refractivity contribution in [1.82, 2.24) is 4.98 Å². The number of benzene rings is 1. The van der Waals surface area contributed by atoms with Crippen LogP contribution in [-0.4, -0.2) is 4.98 Å². The van der Waals surface area contributed by atoms with E-state index in [-0.39, 0.29) is 0 Å². The molecule has 0 spiro atoms. The lowest BCUT2D eigenvalue weighted by Crippen LogP contribution is -1.75. The molecule has 0 saturated carbocycles. The number of nitrogens with zero attached hydrogens (tertiary/aromatic N) is 1. The van der Waals surface area contributed by atoms with Gasteiger partial charge >= 0.3 is 0 Å². The van der Waals surface area contributed by atoms with Crippen LogP contribution in [0.3, 0.4) is 0 Å². The van der Waals surface area contributed by atoms with Crippen LogP contribution in [0, 0.1) is 0 Å². The highest BCUT2D eigenvalue weighted by Crippen LogP contribution is 2.25. The molecule has 1 nitrogen and oxygen atoms in total. The maximum absolute atomic E-state index is 5.78. The number of aromatic nitrogens is 1. The Bertz CT molecular complexity index is 410. The second-order valence-electron chi connectivity index (χ2n) is 2.49. The largest absolute Gasteiger partial charge is 0.229 e. The third-order valence-corrected chi connectivity index (χ3v) is 3.23. The summed E-state index contributed by atoms with van der Waals surface area (Å²) >= 11 is 10.7. The first-order valence-corrected chi connectivity index (χ1v) is 5.68. The van der Waals surface area contributed by atoms with E-state index in [1.807, 2.05) is 29.6 Å². The minimum atomic E-state index is 0.748. The molecule has 1 heterocycles. The molecule has 0 amide bonds. The average Bonchev–Trinajstić information content (AvgIpc) is 2.53. The van der Waals surface area contributed by atoms with Gasteiger partial charge in [0.1, 0.15) is 0 Å². The van der Waals surface area contributed by atoms with E-state index in [1.54, 1.807) is 11.3 Å². The molecule has 0 N–H and O–H groups in total. The van der Waals surface area contributed by atoms with E-state index in [4.69, 9.17) is 11.6 Å². The summed E-state index contributed by atoms with van der Waals surface area (Å²) in [6.45, 7) is 0. The summed E-state index contributed by atoms with van der Waals surface area (Å²) in [5.41, 5.74) is 2.07. The Morgan fingerprint density at radius 2 is 1.92 bits per heavy atom. The lowest BCUT2D eigenvalue weighted by molar-refractivity contribution is 1.37. The van der Waals surface area contributed by atoms with Crippen molar-refractivity contribution in [3.8, 4) is 11.3 Å². The molecule has 0 unspecified atom stereocenters. The lowest BCUT2D eigenvalue weighted by Gasteiger charge is -1.95. The summed E-state index contributed by atoms with van der Waals surface area (Å²) in [5, 5.41) is 2.76. The topological polar surface area (TPSA) is 12.9 Å². The van der Waals surface area contributed by atoms with Gasteiger partial charge in [-0.1, -0.05) is 23.7 Å². The second kappa shape index (κ2) is 3.78. The van der Waals surface area contributed by atoms with Gasteiger partial charge in [-0.3, -0.25) is 0 Å². The quantitative estimate of drug-likeness (QED) is 0.758. The fourth-order valence-corrected chi connectivity index (χ4v) is 2.15. The monoisotopic (exact) mass is 273 g/mol. The maximum Gasteiger partial charge on any atom is 0.159 e. The van der Waals surface area contributed by atoms with Gasteiger partial charge in [0.05, 0.1) is 5.69 Å². The summed E-state index contributed by atoms with van der Waals surface area (Å²) in [4.78, 5) is 4.30. The highest BCUT2D eigenvalue weighted by molar-refractivity contribution is 9.11. The Morgan fingerprint density at radius 3 is 2.46 bits per heavy atom. The molecule has 0 aliphatic carbocycles. The molecule has 0 atom stereocenters. The zero-order valence-electron chi connectivity index (χ0n) is 6.50. The van der Waals surface area contributed by atoms with Gasteiger partial charge in [-0.2, -0.15) is 0 Å². The van der Waals surface area contributed by atoms with E-state index in [9.17, 15) is 0 Å². The second-order valence-corrected chi connectivity index (χ2v) is 5.06. The van der Waals surface area contributed by atoms with Crippen molar-refractivity contribution in [2.24, 2.45) is 0 Å². The van der Waals surface area contributed by atoms with Crippen LogP contribution in [0.25, 0.3) is 11.3 Å². The molecule has 13 heavy (non-hydrogen) atoms. The molecule has 0 aliphatic heterocycles. The predicted molar refractivity (Wildman–Crippen MR) is 60.3 cm³/mol. The number of hydrogen-bond acceptors (Lipinski definition) is 2. The van der Waals surface area contributed by atoms with Crippen LogP contribution in [0.4, 0.5) is 0 Å². The smallest absolute Gasteiger partial charge is 0.159 e. The van der Waals surface area contributed by atoms with Crippen LogP contribution in [0.1, 0.15) is 0 Å². The number of thiazole rings is 1. The standard InChI is InChI=1S/C9H5BrClNS/c10-9-12-8(5-13-9)6-1-3-7(11)4-2-6/h1-5H. The Hall–Kier alpha value is -0.380. The molecule has 2 rings (SSSR count). The molecule has 0 saturated heterocycles. The van der Waals surface area contributed by atoms with Crippen LogP contribution >= 0.6 is 38.9 Å². The van der Waals surface area contributed by atoms with Gasteiger partial charge in [-0.05, 0) is 28.1 Å². The third-order valence-electron chi connectivity index (χ3n) is 1.62. The fraction of sp³-hybridized carbons (Fsp3) is 0. The average molecular weight is 275 g/mol. The first-order chi connectivity index (χ1) is 6.25. The summed E-state index contributed by atoms with van der Waals surface area (Å²) in [6.07, 6.45) is 0. The van der Waals surface area contributed by atoms with Crippen molar-refractivity contribution in [3.05, 3.63) is 38.6 Å². The first-order valence-electron chi connectivity index (χ1n) is 3.63. The third kappa shape index (κ3) is 2.10. The Balaban J connectivity index is 2.41. The van der Waals surface area contributed by atoms with E-state index < -0.39 is 0 Å². The highest BCUT2D eigenvalue weighted by atomic mass is 79.9. The predicted octanol–water partition coefficient (Wildman–Crippen LogP) is 4.23. The van der Waals surface area contributed by atoms with Gasteiger partial charge in [0.15, 0.2) is 3.92 Å². The highest BCUT2D eigenvalue weighted by Gasteiger charge is 2.01. The van der Waals surface area contributed by atoms with Gasteiger partial charge in [-0.15, -0.1) is 11.3 Å². The molecule has 1 aromatic carbocycles. The van der Waals surface area contributed by atoms with Crippen LogP contribution in [0.2, 0.25) is 5.02 Å². The van der Waals surface area contributed by atoms with Crippen molar-refractivity contribution < 1.29 is 0 Å². The summed E-state index contributed by atoms with van der Waals surface area (Å²) in [6, 6.07) is 7.65. The molecule has 66 valence electrons. The molecule has 0 bridgehead atoms. The Labute approximate surface area is 93.5 Å². The first kappa shape index (κ1) is 9.19. The van der Waals surface area contributed by atoms with Crippen molar-refractivity contribution in [2.75, 3.05) is 0 Å². The molecule has 2 aromatic rings. The molecule has 0 fully saturated rings. The van der Waals surface area contributed by atoms with Gasteiger partial charge in [0, 0.05) is 16.0 Å². The zero-order chi connectivity index (χ0) is 9.26. The number of halogens is 2. The minimum absolute atomic E-state index is 0.748. The van der Waals surface area contributed by atoms with Crippen LogP contribution in [0.15, 0.2) is 33.6 Å². The molecule has 0 aliphatic rings. The van der Waals surface area contributed by atoms with E-state index in [2.05, 4.69) is 20.9 Å². The maximum atomic E-state index is 5.78. The molecule has 1 aromatic heterocycles. The van der Waals surface area contributed by atoms with Gasteiger partial charge < -0.3 is 0 Å². The Kier molecular flexibility index (Phi) is 2.67. The summed E-state index contributed by atoms with van der Waals surface area (Å²) < 4.78 is 0.900. The van der Waals surface area contributed by atoms with Gasteiger partial charge in [-0.25, -0.2) is 4.98 Å². The SMILES string of the molecule is Clc1ccc(-c2csc(Br)n2)cc1. The van der Waals surface area contributed by atoms with E-state index in [0.29, 0.717) is 0 Å².